The Morgan fingerprint density at radius 1 is 1.05 bits per heavy atom. The van der Waals surface area contributed by atoms with Crippen molar-refractivity contribution in [3.05, 3.63) is 0 Å². The van der Waals surface area contributed by atoms with Gasteiger partial charge in [-0.2, -0.15) is 0 Å². The Balaban J connectivity index is 3.50. The van der Waals surface area contributed by atoms with Gasteiger partial charge in [0.15, 0.2) is 0 Å². The van der Waals surface area contributed by atoms with E-state index < -0.39 is 7.75 Å². The van der Waals surface area contributed by atoms with Gasteiger partial charge in [-0.3, -0.25) is 9.05 Å². The summed E-state index contributed by atoms with van der Waals surface area (Å²) in [6.45, 7) is 5.83. The highest BCUT2D eigenvalue weighted by Gasteiger charge is 2.21. The van der Waals surface area contributed by atoms with Crippen molar-refractivity contribution in [2.24, 2.45) is 4.99 Å². The molecule has 0 aliphatic heterocycles. The summed E-state index contributed by atoms with van der Waals surface area (Å²) in [6.07, 6.45) is 6.71. The van der Waals surface area contributed by atoms with E-state index in [1.165, 1.54) is 19.3 Å². The fourth-order valence-corrected chi connectivity index (χ4v) is 3.21. The molecule has 0 bridgehead atoms. The molecule has 5 nitrogen and oxygen atoms in total. The Morgan fingerprint density at radius 2 is 1.60 bits per heavy atom. The van der Waals surface area contributed by atoms with Crippen LogP contribution in [0.5, 0.6) is 0 Å². The van der Waals surface area contributed by atoms with Gasteiger partial charge in [0.1, 0.15) is 0 Å². The van der Waals surface area contributed by atoms with E-state index in [1.807, 2.05) is 0 Å². The summed E-state index contributed by atoms with van der Waals surface area (Å²) in [7, 11) is -3.07. The van der Waals surface area contributed by atoms with Crippen molar-refractivity contribution in [2.45, 2.75) is 52.4 Å². The average molecular weight is 322 g/mol. The van der Waals surface area contributed by atoms with Crippen LogP contribution < -0.4 is 5.09 Å². The third kappa shape index (κ3) is 11.7. The number of aliphatic imine (C=N–C) groups is 1. The first-order valence-corrected chi connectivity index (χ1v) is 9.31. The zero-order valence-corrected chi connectivity index (χ0v) is 14.3. The molecule has 20 heavy (non-hydrogen) atoms. The predicted molar refractivity (Wildman–Crippen MR) is 86.5 cm³/mol. The van der Waals surface area contributed by atoms with Crippen LogP contribution in [0.3, 0.4) is 0 Å². The van der Waals surface area contributed by atoms with E-state index in [4.69, 9.17) is 9.05 Å². The molecule has 1 N–H and O–H groups in total. The second kappa shape index (κ2) is 13.9. The molecular weight excluding hydrogens is 295 g/mol. The van der Waals surface area contributed by atoms with E-state index in [1.54, 1.807) is 13.8 Å². The Labute approximate surface area is 128 Å². The molecule has 0 aromatic carbocycles. The molecule has 0 spiro atoms. The lowest BCUT2D eigenvalue weighted by Crippen LogP contribution is -2.16. The van der Waals surface area contributed by atoms with Gasteiger partial charge in [0.2, 0.25) is 0 Å². The van der Waals surface area contributed by atoms with Gasteiger partial charge in [0, 0.05) is 13.1 Å². The number of unbranched alkanes of at least 4 members (excludes halogenated alkanes) is 5. The number of isothiocyanates is 1. The molecule has 0 saturated heterocycles. The Hall–Kier alpha value is -0.0900. The molecule has 0 aromatic rings. The molecule has 7 heteroatoms. The monoisotopic (exact) mass is 322 g/mol. The minimum atomic E-state index is -3.07. The maximum absolute atomic E-state index is 12.1. The smallest absolute Gasteiger partial charge is 0.297 e. The summed E-state index contributed by atoms with van der Waals surface area (Å²) in [6, 6.07) is 0. The zero-order valence-electron chi connectivity index (χ0n) is 12.6. The molecule has 0 heterocycles. The average Bonchev–Trinajstić information content (AvgIpc) is 2.41. The molecule has 0 aromatic heterocycles. The second-order valence-corrected chi connectivity index (χ2v) is 6.35. The number of rotatable bonds is 14. The standard InChI is InChI=1S/C13H27N2O3PS/c1-3-17-19(16,18-4-2)15-12-10-8-6-5-7-9-11-14-13-20/h3-12H2,1-2H3,(H,15,16). The topological polar surface area (TPSA) is 59.9 Å². The lowest BCUT2D eigenvalue weighted by molar-refractivity contribution is 0.210. The fraction of sp³-hybridized carbons (Fsp3) is 0.923. The first-order valence-electron chi connectivity index (χ1n) is 7.36. The summed E-state index contributed by atoms with van der Waals surface area (Å²) >= 11 is 4.50. The van der Waals surface area contributed by atoms with Crippen LogP contribution in [0.15, 0.2) is 4.99 Å². The Morgan fingerprint density at radius 3 is 2.15 bits per heavy atom. The molecule has 0 unspecified atom stereocenters. The predicted octanol–water partition coefficient (Wildman–Crippen LogP) is 4.20. The molecule has 0 amide bonds. The molecule has 118 valence electrons. The number of nitrogens with zero attached hydrogens (tertiary/aromatic N) is 1. The molecule has 0 saturated carbocycles. The van der Waals surface area contributed by atoms with Gasteiger partial charge >= 0.3 is 7.75 Å². The van der Waals surface area contributed by atoms with Crippen LogP contribution in [0.25, 0.3) is 0 Å². The van der Waals surface area contributed by atoms with E-state index in [2.05, 4.69) is 27.5 Å². The lowest BCUT2D eigenvalue weighted by Gasteiger charge is -2.17. The lowest BCUT2D eigenvalue weighted by atomic mass is 10.1. The van der Waals surface area contributed by atoms with Gasteiger partial charge in [0.25, 0.3) is 0 Å². The minimum absolute atomic E-state index is 0.383. The maximum atomic E-state index is 12.1. The van der Waals surface area contributed by atoms with Gasteiger partial charge in [0.05, 0.1) is 18.4 Å². The third-order valence-corrected chi connectivity index (χ3v) is 4.60. The number of thiocarbonyl (C=S) groups is 1. The molecular formula is C13H27N2O3PS. The van der Waals surface area contributed by atoms with Crippen LogP contribution in [-0.4, -0.2) is 31.5 Å². The first kappa shape index (κ1) is 19.9. The quantitative estimate of drug-likeness (QED) is 0.225. The normalized spacial score (nSPS) is 11.3. The molecule has 0 rings (SSSR count). The number of hydrogen-bond acceptors (Lipinski definition) is 5. The molecule has 0 aliphatic rings. The van der Waals surface area contributed by atoms with Crippen LogP contribution in [0.1, 0.15) is 52.4 Å². The highest BCUT2D eigenvalue weighted by Crippen LogP contribution is 2.43. The van der Waals surface area contributed by atoms with Gasteiger partial charge in [-0.05, 0) is 38.9 Å². The van der Waals surface area contributed by atoms with Crippen LogP contribution in [0.4, 0.5) is 0 Å². The van der Waals surface area contributed by atoms with Gasteiger partial charge in [-0.1, -0.05) is 25.7 Å². The van der Waals surface area contributed by atoms with Crippen molar-refractivity contribution in [3.63, 3.8) is 0 Å². The molecule has 0 radical (unpaired) electrons. The van der Waals surface area contributed by atoms with Crippen molar-refractivity contribution in [2.75, 3.05) is 26.3 Å². The fourth-order valence-electron chi connectivity index (χ4n) is 1.75. The highest BCUT2D eigenvalue weighted by atomic mass is 32.1. The molecule has 0 fully saturated rings. The summed E-state index contributed by atoms with van der Waals surface area (Å²) in [4.78, 5) is 3.88. The number of nitrogens with one attached hydrogen (secondary N) is 1. The first-order chi connectivity index (χ1) is 9.68. The third-order valence-electron chi connectivity index (χ3n) is 2.66. The summed E-state index contributed by atoms with van der Waals surface area (Å²) in [5, 5.41) is 5.26. The van der Waals surface area contributed by atoms with Crippen molar-refractivity contribution in [3.8, 4) is 0 Å². The highest BCUT2D eigenvalue weighted by molar-refractivity contribution is 7.78. The van der Waals surface area contributed by atoms with E-state index >= 15 is 0 Å². The van der Waals surface area contributed by atoms with Crippen LogP contribution in [0, 0.1) is 0 Å². The van der Waals surface area contributed by atoms with Gasteiger partial charge in [-0.25, -0.2) is 14.6 Å². The Kier molecular flexibility index (Phi) is 13.8. The summed E-state index contributed by atoms with van der Waals surface area (Å²) in [5.41, 5.74) is 0. The summed E-state index contributed by atoms with van der Waals surface area (Å²) in [5.74, 6) is 0. The maximum Gasteiger partial charge on any atom is 0.405 e. The van der Waals surface area contributed by atoms with Crippen molar-refractivity contribution >= 4 is 25.1 Å². The molecule has 0 aliphatic carbocycles. The van der Waals surface area contributed by atoms with E-state index in [0.29, 0.717) is 19.8 Å². The largest absolute Gasteiger partial charge is 0.405 e. The SMILES string of the molecule is CCOP(=O)(NCCCCCCCCN=C=S)OCC. The van der Waals surface area contributed by atoms with Crippen LogP contribution in [-0.2, 0) is 13.6 Å². The van der Waals surface area contributed by atoms with E-state index in [0.717, 1.165) is 25.8 Å². The number of hydrogen-bond donors (Lipinski definition) is 1. The Bertz CT molecular complexity index is 313. The zero-order chi connectivity index (χ0) is 15.1. The van der Waals surface area contributed by atoms with Crippen molar-refractivity contribution < 1.29 is 13.6 Å². The van der Waals surface area contributed by atoms with Crippen LogP contribution >= 0.6 is 20.0 Å². The van der Waals surface area contributed by atoms with Crippen LogP contribution in [0.2, 0.25) is 0 Å². The van der Waals surface area contributed by atoms with Crippen molar-refractivity contribution in [1.29, 1.82) is 0 Å². The van der Waals surface area contributed by atoms with E-state index in [9.17, 15) is 4.57 Å². The second-order valence-electron chi connectivity index (χ2n) is 4.34. The van der Waals surface area contributed by atoms with E-state index in [-0.39, 0.29) is 0 Å². The van der Waals surface area contributed by atoms with Gasteiger partial charge in [-0.15, -0.1) is 0 Å². The van der Waals surface area contributed by atoms with Crippen molar-refractivity contribution in [1.82, 2.24) is 5.09 Å². The van der Waals surface area contributed by atoms with Gasteiger partial charge < -0.3 is 0 Å². The minimum Gasteiger partial charge on any atom is -0.297 e. The molecule has 0 atom stereocenters. The summed E-state index contributed by atoms with van der Waals surface area (Å²) < 4.78 is 22.4.